The van der Waals surface area contributed by atoms with E-state index < -0.39 is 0 Å². The van der Waals surface area contributed by atoms with Crippen molar-refractivity contribution >= 4 is 0 Å². The van der Waals surface area contributed by atoms with Crippen LogP contribution in [-0.2, 0) is 27.1 Å². The van der Waals surface area contributed by atoms with Gasteiger partial charge in [-0.3, -0.25) is 9.36 Å². The fourth-order valence-corrected chi connectivity index (χ4v) is 1.52. The van der Waals surface area contributed by atoms with Crippen molar-refractivity contribution in [2.45, 2.75) is 13.0 Å². The van der Waals surface area contributed by atoms with Gasteiger partial charge in [0.25, 0.3) is 0 Å². The van der Waals surface area contributed by atoms with Crippen LogP contribution in [0.3, 0.4) is 0 Å². The maximum Gasteiger partial charge on any atom is 0.0738 e. The van der Waals surface area contributed by atoms with Gasteiger partial charge in [0.05, 0.1) is 18.1 Å². The first-order valence-electron chi connectivity index (χ1n) is 5.27. The molecule has 0 saturated heterocycles. The highest BCUT2D eigenvalue weighted by Gasteiger charge is 1.99. The maximum absolute atomic E-state index is 4.12. The van der Waals surface area contributed by atoms with E-state index in [4.69, 9.17) is 0 Å². The molecule has 0 spiro atoms. The predicted octanol–water partition coefficient (Wildman–Crippen LogP) is -0.119. The second-order valence-corrected chi connectivity index (χ2v) is 3.80. The van der Waals surface area contributed by atoms with Crippen molar-refractivity contribution in [3.8, 4) is 0 Å². The van der Waals surface area contributed by atoms with Gasteiger partial charge in [-0.25, -0.2) is 0 Å². The molecule has 0 atom stereocenters. The number of aryl methyl sites for hydroxylation is 2. The molecule has 0 fully saturated rings. The van der Waals surface area contributed by atoms with E-state index in [-0.39, 0.29) is 0 Å². The van der Waals surface area contributed by atoms with Gasteiger partial charge in [-0.2, -0.15) is 5.10 Å². The van der Waals surface area contributed by atoms with Crippen LogP contribution in [0.5, 0.6) is 0 Å². The molecule has 6 heteroatoms. The Kier molecular flexibility index (Phi) is 3.31. The van der Waals surface area contributed by atoms with E-state index >= 15 is 0 Å². The molecule has 2 heterocycles. The third kappa shape index (κ3) is 2.66. The Labute approximate surface area is 94.3 Å². The molecule has 0 bridgehead atoms. The van der Waals surface area contributed by atoms with Crippen LogP contribution in [-0.4, -0.2) is 31.3 Å². The number of nitrogens with one attached hydrogen (secondary N) is 1. The lowest BCUT2D eigenvalue weighted by molar-refractivity contribution is 0.616. The summed E-state index contributed by atoms with van der Waals surface area (Å²) in [7, 11) is 3.82. The first-order chi connectivity index (χ1) is 7.75. The SMILES string of the molecule is Cn1cc(CCNCc2cnnn2C)cn1. The van der Waals surface area contributed by atoms with Crippen molar-refractivity contribution in [3.63, 3.8) is 0 Å². The van der Waals surface area contributed by atoms with Crippen LogP contribution in [0.1, 0.15) is 11.3 Å². The average molecular weight is 220 g/mol. The molecule has 0 aliphatic heterocycles. The summed E-state index contributed by atoms with van der Waals surface area (Å²) in [5.74, 6) is 0. The molecule has 0 radical (unpaired) electrons. The van der Waals surface area contributed by atoms with E-state index in [2.05, 4.69) is 20.7 Å². The first kappa shape index (κ1) is 10.8. The van der Waals surface area contributed by atoms with Crippen LogP contribution in [0.4, 0.5) is 0 Å². The number of aromatic nitrogens is 5. The lowest BCUT2D eigenvalue weighted by atomic mass is 10.2. The highest BCUT2D eigenvalue weighted by atomic mass is 15.4. The average Bonchev–Trinajstić information content (AvgIpc) is 2.83. The van der Waals surface area contributed by atoms with Gasteiger partial charge in [0.1, 0.15) is 0 Å². The summed E-state index contributed by atoms with van der Waals surface area (Å²) < 4.78 is 3.59. The smallest absolute Gasteiger partial charge is 0.0738 e. The fraction of sp³-hybridized carbons (Fsp3) is 0.500. The van der Waals surface area contributed by atoms with Gasteiger partial charge in [0.2, 0.25) is 0 Å². The Morgan fingerprint density at radius 2 is 2.19 bits per heavy atom. The Bertz CT molecular complexity index is 444. The molecule has 1 N–H and O–H groups in total. The van der Waals surface area contributed by atoms with E-state index in [0.29, 0.717) is 0 Å². The molecule has 0 amide bonds. The second kappa shape index (κ2) is 4.89. The van der Waals surface area contributed by atoms with Gasteiger partial charge in [0.15, 0.2) is 0 Å². The molecular formula is C10H16N6. The molecule has 0 saturated carbocycles. The Morgan fingerprint density at radius 3 is 2.81 bits per heavy atom. The summed E-state index contributed by atoms with van der Waals surface area (Å²) in [5, 5.41) is 15.2. The van der Waals surface area contributed by atoms with Crippen LogP contribution < -0.4 is 5.32 Å². The van der Waals surface area contributed by atoms with Crippen molar-refractivity contribution in [2.24, 2.45) is 14.1 Å². The minimum atomic E-state index is 0.795. The van der Waals surface area contributed by atoms with Gasteiger partial charge in [-0.15, -0.1) is 5.10 Å². The highest BCUT2D eigenvalue weighted by molar-refractivity contribution is 5.04. The summed E-state index contributed by atoms with van der Waals surface area (Å²) >= 11 is 0. The van der Waals surface area contributed by atoms with Crippen molar-refractivity contribution < 1.29 is 0 Å². The van der Waals surface area contributed by atoms with Gasteiger partial charge < -0.3 is 5.32 Å². The lowest BCUT2D eigenvalue weighted by Crippen LogP contribution is -2.18. The van der Waals surface area contributed by atoms with Gasteiger partial charge in [-0.1, -0.05) is 5.21 Å². The molecule has 0 aromatic carbocycles. The summed E-state index contributed by atoms with van der Waals surface area (Å²) in [4.78, 5) is 0. The van der Waals surface area contributed by atoms with Crippen LogP contribution in [0.15, 0.2) is 18.6 Å². The molecular weight excluding hydrogens is 204 g/mol. The predicted molar refractivity (Wildman–Crippen MR) is 59.6 cm³/mol. The number of hydrogen-bond acceptors (Lipinski definition) is 4. The third-order valence-electron chi connectivity index (χ3n) is 2.46. The summed E-state index contributed by atoms with van der Waals surface area (Å²) in [6.07, 6.45) is 6.69. The molecule has 6 nitrogen and oxygen atoms in total. The summed E-state index contributed by atoms with van der Waals surface area (Å²) in [6, 6.07) is 0. The fourth-order valence-electron chi connectivity index (χ4n) is 1.52. The van der Waals surface area contributed by atoms with Crippen LogP contribution in [0.2, 0.25) is 0 Å². The number of rotatable bonds is 5. The zero-order chi connectivity index (χ0) is 11.4. The highest BCUT2D eigenvalue weighted by Crippen LogP contribution is 1.97. The standard InChI is InChI=1S/C10H16N6/c1-15-8-9(5-13-15)3-4-11-6-10-7-12-14-16(10)2/h5,7-8,11H,3-4,6H2,1-2H3. The lowest BCUT2D eigenvalue weighted by Gasteiger charge is -2.02. The Balaban J connectivity index is 1.71. The number of hydrogen-bond donors (Lipinski definition) is 1. The molecule has 0 aliphatic rings. The molecule has 2 aromatic heterocycles. The third-order valence-corrected chi connectivity index (χ3v) is 2.46. The van der Waals surface area contributed by atoms with E-state index in [0.717, 1.165) is 25.2 Å². The molecule has 0 unspecified atom stereocenters. The van der Waals surface area contributed by atoms with Crippen molar-refractivity contribution in [3.05, 3.63) is 29.8 Å². The van der Waals surface area contributed by atoms with E-state index in [1.54, 1.807) is 10.9 Å². The van der Waals surface area contributed by atoms with E-state index in [9.17, 15) is 0 Å². The normalized spacial score (nSPS) is 10.9. The van der Waals surface area contributed by atoms with E-state index in [1.807, 2.05) is 31.2 Å². The van der Waals surface area contributed by atoms with Gasteiger partial charge in [-0.05, 0) is 18.5 Å². The number of nitrogens with zero attached hydrogens (tertiary/aromatic N) is 5. The zero-order valence-electron chi connectivity index (χ0n) is 9.59. The topological polar surface area (TPSA) is 60.6 Å². The molecule has 2 aromatic rings. The van der Waals surface area contributed by atoms with E-state index in [1.165, 1.54) is 5.56 Å². The molecule has 16 heavy (non-hydrogen) atoms. The molecule has 2 rings (SSSR count). The minimum Gasteiger partial charge on any atom is -0.311 e. The zero-order valence-corrected chi connectivity index (χ0v) is 9.59. The Morgan fingerprint density at radius 1 is 1.31 bits per heavy atom. The maximum atomic E-state index is 4.12. The monoisotopic (exact) mass is 220 g/mol. The van der Waals surface area contributed by atoms with Crippen molar-refractivity contribution in [1.82, 2.24) is 30.1 Å². The summed E-state index contributed by atoms with van der Waals surface area (Å²) in [5.41, 5.74) is 2.34. The van der Waals surface area contributed by atoms with Gasteiger partial charge in [0, 0.05) is 26.8 Å². The first-order valence-corrected chi connectivity index (χ1v) is 5.27. The van der Waals surface area contributed by atoms with Gasteiger partial charge >= 0.3 is 0 Å². The quantitative estimate of drug-likeness (QED) is 0.714. The van der Waals surface area contributed by atoms with Crippen LogP contribution in [0.25, 0.3) is 0 Å². The molecule has 86 valence electrons. The molecule has 0 aliphatic carbocycles. The second-order valence-electron chi connectivity index (χ2n) is 3.80. The Hall–Kier alpha value is -1.69. The van der Waals surface area contributed by atoms with Crippen molar-refractivity contribution in [2.75, 3.05) is 6.54 Å². The van der Waals surface area contributed by atoms with Crippen LogP contribution in [0, 0.1) is 0 Å². The van der Waals surface area contributed by atoms with Crippen LogP contribution >= 0.6 is 0 Å². The summed E-state index contributed by atoms with van der Waals surface area (Å²) in [6.45, 7) is 1.72. The van der Waals surface area contributed by atoms with Crippen molar-refractivity contribution in [1.29, 1.82) is 0 Å². The largest absolute Gasteiger partial charge is 0.311 e. The minimum absolute atomic E-state index is 0.795.